The summed E-state index contributed by atoms with van der Waals surface area (Å²) >= 11 is 0. The third-order valence-corrected chi connectivity index (χ3v) is 6.51. The SMILES string of the molecule is CN1CCC2(CCN(C(=O)Nc3cc(C4CCOCC4)nn3C)CC2)C1=O. The number of nitrogens with one attached hydrogen (secondary N) is 1. The first-order chi connectivity index (χ1) is 13.0. The number of urea groups is 1. The zero-order valence-electron chi connectivity index (χ0n) is 16.2. The maximum absolute atomic E-state index is 12.7. The normalized spacial score (nSPS) is 23.3. The molecule has 0 unspecified atom stereocenters. The second-order valence-electron chi connectivity index (χ2n) is 8.14. The number of aromatic nitrogens is 2. The monoisotopic (exact) mass is 375 g/mol. The fourth-order valence-corrected chi connectivity index (χ4v) is 4.58. The summed E-state index contributed by atoms with van der Waals surface area (Å²) in [6, 6.07) is 1.87. The number of rotatable bonds is 2. The van der Waals surface area contributed by atoms with Crippen LogP contribution in [0.3, 0.4) is 0 Å². The van der Waals surface area contributed by atoms with Gasteiger partial charge in [-0.1, -0.05) is 0 Å². The number of amides is 3. The summed E-state index contributed by atoms with van der Waals surface area (Å²) < 4.78 is 7.16. The fraction of sp³-hybridized carbons (Fsp3) is 0.737. The molecule has 3 aliphatic heterocycles. The zero-order chi connectivity index (χ0) is 19.0. The highest BCUT2D eigenvalue weighted by Crippen LogP contribution is 2.41. The summed E-state index contributed by atoms with van der Waals surface area (Å²) in [6.45, 7) is 3.61. The van der Waals surface area contributed by atoms with E-state index in [1.165, 1.54) is 0 Å². The number of piperidine rings is 1. The third kappa shape index (κ3) is 3.42. The van der Waals surface area contributed by atoms with Crippen LogP contribution >= 0.6 is 0 Å². The number of ether oxygens (including phenoxy) is 1. The summed E-state index contributed by atoms with van der Waals surface area (Å²) in [5, 5.41) is 7.59. The quantitative estimate of drug-likeness (QED) is 0.855. The maximum Gasteiger partial charge on any atom is 0.323 e. The van der Waals surface area contributed by atoms with Crippen molar-refractivity contribution in [3.05, 3.63) is 11.8 Å². The van der Waals surface area contributed by atoms with Crippen molar-refractivity contribution in [2.24, 2.45) is 12.5 Å². The van der Waals surface area contributed by atoms with Crippen LogP contribution in [-0.4, -0.2) is 71.4 Å². The van der Waals surface area contributed by atoms with E-state index in [-0.39, 0.29) is 17.4 Å². The van der Waals surface area contributed by atoms with Gasteiger partial charge in [-0.15, -0.1) is 0 Å². The number of anilines is 1. The van der Waals surface area contributed by atoms with E-state index >= 15 is 0 Å². The van der Waals surface area contributed by atoms with Crippen LogP contribution in [-0.2, 0) is 16.6 Å². The van der Waals surface area contributed by atoms with Crippen LogP contribution in [0.2, 0.25) is 0 Å². The Labute approximate surface area is 159 Å². The van der Waals surface area contributed by atoms with E-state index in [2.05, 4.69) is 10.4 Å². The van der Waals surface area contributed by atoms with E-state index in [0.717, 1.165) is 63.4 Å². The first-order valence-corrected chi connectivity index (χ1v) is 9.92. The molecule has 3 fully saturated rings. The lowest BCUT2D eigenvalue weighted by atomic mass is 9.77. The van der Waals surface area contributed by atoms with E-state index in [1.807, 2.05) is 30.0 Å². The molecular formula is C19H29N5O3. The molecule has 4 heterocycles. The van der Waals surface area contributed by atoms with Gasteiger partial charge in [0.1, 0.15) is 5.82 Å². The van der Waals surface area contributed by atoms with Crippen molar-refractivity contribution in [1.29, 1.82) is 0 Å². The van der Waals surface area contributed by atoms with Crippen molar-refractivity contribution in [3.63, 3.8) is 0 Å². The van der Waals surface area contributed by atoms with Gasteiger partial charge in [-0.3, -0.25) is 14.8 Å². The molecule has 0 atom stereocenters. The van der Waals surface area contributed by atoms with E-state index < -0.39 is 0 Å². The molecular weight excluding hydrogens is 346 g/mol. The van der Waals surface area contributed by atoms with Crippen molar-refractivity contribution in [2.75, 3.05) is 45.2 Å². The molecule has 27 heavy (non-hydrogen) atoms. The van der Waals surface area contributed by atoms with Gasteiger partial charge in [0.25, 0.3) is 0 Å². The number of aryl methyl sites for hydroxylation is 1. The molecule has 0 saturated carbocycles. The lowest BCUT2D eigenvalue weighted by Crippen LogP contribution is -2.47. The van der Waals surface area contributed by atoms with Crippen molar-refractivity contribution in [1.82, 2.24) is 19.6 Å². The molecule has 3 saturated heterocycles. The molecule has 3 aliphatic rings. The number of hydrogen-bond donors (Lipinski definition) is 1. The Hall–Kier alpha value is -2.09. The van der Waals surface area contributed by atoms with Crippen LogP contribution in [0.4, 0.5) is 10.6 Å². The van der Waals surface area contributed by atoms with Gasteiger partial charge in [0.05, 0.1) is 11.1 Å². The molecule has 8 heteroatoms. The molecule has 1 N–H and O–H groups in total. The fourth-order valence-electron chi connectivity index (χ4n) is 4.58. The summed E-state index contributed by atoms with van der Waals surface area (Å²) in [4.78, 5) is 28.8. The van der Waals surface area contributed by atoms with E-state index in [9.17, 15) is 9.59 Å². The van der Waals surface area contributed by atoms with E-state index in [0.29, 0.717) is 19.0 Å². The number of likely N-dealkylation sites (tertiary alicyclic amines) is 2. The van der Waals surface area contributed by atoms with Gasteiger partial charge in [-0.25, -0.2) is 4.79 Å². The molecule has 0 bridgehead atoms. The van der Waals surface area contributed by atoms with Crippen molar-refractivity contribution in [3.8, 4) is 0 Å². The van der Waals surface area contributed by atoms with Crippen LogP contribution in [0, 0.1) is 5.41 Å². The Balaban J connectivity index is 1.36. The topological polar surface area (TPSA) is 79.7 Å². The average Bonchev–Trinajstić information content (AvgIpc) is 3.18. The minimum atomic E-state index is -0.242. The van der Waals surface area contributed by atoms with Gasteiger partial charge in [-0.05, 0) is 32.1 Å². The van der Waals surface area contributed by atoms with Gasteiger partial charge < -0.3 is 14.5 Å². The highest BCUT2D eigenvalue weighted by molar-refractivity contribution is 5.89. The number of carbonyl (C=O) groups is 2. The molecule has 1 spiro atoms. The Kier molecular flexibility index (Phi) is 4.84. The predicted molar refractivity (Wildman–Crippen MR) is 101 cm³/mol. The number of nitrogens with zero attached hydrogens (tertiary/aromatic N) is 4. The summed E-state index contributed by atoms with van der Waals surface area (Å²) in [7, 11) is 3.73. The van der Waals surface area contributed by atoms with Crippen LogP contribution in [0.5, 0.6) is 0 Å². The van der Waals surface area contributed by atoms with E-state index in [1.54, 1.807) is 4.68 Å². The molecule has 1 aromatic rings. The first-order valence-electron chi connectivity index (χ1n) is 9.92. The highest BCUT2D eigenvalue weighted by atomic mass is 16.5. The largest absolute Gasteiger partial charge is 0.381 e. The van der Waals surface area contributed by atoms with E-state index in [4.69, 9.17) is 4.74 Å². The molecule has 1 aromatic heterocycles. The van der Waals surface area contributed by atoms with Crippen LogP contribution in [0.15, 0.2) is 6.07 Å². The average molecular weight is 375 g/mol. The Bertz CT molecular complexity index is 717. The Morgan fingerprint density at radius 2 is 1.85 bits per heavy atom. The molecule has 8 nitrogen and oxygen atoms in total. The summed E-state index contributed by atoms with van der Waals surface area (Å²) in [5.74, 6) is 1.37. The summed E-state index contributed by atoms with van der Waals surface area (Å²) in [6.07, 6.45) is 4.36. The standard InChI is InChI=1S/C19H29N5O3/c1-22-8-5-19(17(22)25)6-9-24(10-7-19)18(26)20-16-13-15(21-23(16)2)14-3-11-27-12-4-14/h13-14H,3-12H2,1-2H3,(H,20,26). The number of carbonyl (C=O) groups excluding carboxylic acids is 2. The lowest BCUT2D eigenvalue weighted by Gasteiger charge is -2.37. The van der Waals surface area contributed by atoms with Crippen molar-refractivity contribution in [2.45, 2.75) is 38.0 Å². The number of hydrogen-bond acceptors (Lipinski definition) is 4. The molecule has 3 amide bonds. The maximum atomic E-state index is 12.7. The lowest BCUT2D eigenvalue weighted by molar-refractivity contribution is -0.136. The second-order valence-corrected chi connectivity index (χ2v) is 8.14. The van der Waals surface area contributed by atoms with Gasteiger partial charge in [0.2, 0.25) is 5.91 Å². The zero-order valence-corrected chi connectivity index (χ0v) is 16.2. The van der Waals surface area contributed by atoms with Gasteiger partial charge in [0, 0.05) is 58.9 Å². The third-order valence-electron chi connectivity index (χ3n) is 6.51. The smallest absolute Gasteiger partial charge is 0.323 e. The predicted octanol–water partition coefficient (Wildman–Crippen LogP) is 1.79. The van der Waals surface area contributed by atoms with Crippen LogP contribution in [0.1, 0.15) is 43.7 Å². The summed E-state index contributed by atoms with van der Waals surface area (Å²) in [5.41, 5.74) is 0.780. The van der Waals surface area contributed by atoms with Crippen LogP contribution < -0.4 is 5.32 Å². The van der Waals surface area contributed by atoms with Gasteiger partial charge in [-0.2, -0.15) is 5.10 Å². The molecule has 148 valence electrons. The molecule has 0 radical (unpaired) electrons. The Morgan fingerprint density at radius 1 is 1.19 bits per heavy atom. The van der Waals surface area contributed by atoms with Crippen molar-refractivity contribution < 1.29 is 14.3 Å². The van der Waals surface area contributed by atoms with Crippen LogP contribution in [0.25, 0.3) is 0 Å². The second kappa shape index (κ2) is 7.14. The Morgan fingerprint density at radius 3 is 2.48 bits per heavy atom. The molecule has 4 rings (SSSR count). The van der Waals surface area contributed by atoms with Crippen molar-refractivity contribution >= 4 is 17.8 Å². The minimum absolute atomic E-state index is 0.106. The minimum Gasteiger partial charge on any atom is -0.381 e. The van der Waals surface area contributed by atoms with Gasteiger partial charge >= 0.3 is 6.03 Å². The molecule has 0 aliphatic carbocycles. The highest BCUT2D eigenvalue weighted by Gasteiger charge is 2.47. The van der Waals surface area contributed by atoms with Gasteiger partial charge in [0.15, 0.2) is 0 Å². The molecule has 0 aromatic carbocycles. The first kappa shape index (κ1) is 18.3.